The predicted molar refractivity (Wildman–Crippen MR) is 129 cm³/mol. The number of furan rings is 1. The van der Waals surface area contributed by atoms with E-state index in [1.54, 1.807) is 36.4 Å². The molecular weight excluding hydrogens is 454 g/mol. The second-order valence-corrected chi connectivity index (χ2v) is 8.46. The van der Waals surface area contributed by atoms with E-state index >= 15 is 0 Å². The summed E-state index contributed by atoms with van der Waals surface area (Å²) in [5, 5.41) is 21.6. The fourth-order valence-electron chi connectivity index (χ4n) is 4.23. The molecular formula is C27H20ClNO5. The number of aliphatic hydroxyl groups is 1. The van der Waals surface area contributed by atoms with Crippen LogP contribution in [0.3, 0.4) is 0 Å². The summed E-state index contributed by atoms with van der Waals surface area (Å²) in [5.41, 5.74) is 2.45. The molecule has 2 heterocycles. The molecule has 170 valence electrons. The minimum atomic E-state index is -0.973. The summed E-state index contributed by atoms with van der Waals surface area (Å²) in [7, 11) is 0. The highest BCUT2D eigenvalue weighted by molar-refractivity contribution is 6.32. The van der Waals surface area contributed by atoms with E-state index in [4.69, 9.17) is 16.0 Å². The minimum absolute atomic E-state index is 0.00797. The Morgan fingerprint density at radius 2 is 1.76 bits per heavy atom. The number of amides is 1. The Hall–Kier alpha value is -4.03. The van der Waals surface area contributed by atoms with Gasteiger partial charge in [0.25, 0.3) is 5.91 Å². The zero-order valence-corrected chi connectivity index (χ0v) is 18.9. The monoisotopic (exact) mass is 473 g/mol. The van der Waals surface area contributed by atoms with Crippen LogP contribution in [0.4, 0.5) is 5.69 Å². The van der Waals surface area contributed by atoms with Crippen molar-refractivity contribution in [1.82, 2.24) is 0 Å². The Morgan fingerprint density at radius 3 is 2.44 bits per heavy atom. The summed E-state index contributed by atoms with van der Waals surface area (Å²) in [6, 6.07) is 19.5. The maximum Gasteiger partial charge on any atom is 0.294 e. The van der Waals surface area contributed by atoms with Crippen molar-refractivity contribution >= 4 is 39.9 Å². The number of anilines is 1. The number of carbonyl (C=O) groups excluding carboxylic acids is 2. The van der Waals surface area contributed by atoms with Crippen molar-refractivity contribution in [1.29, 1.82) is 0 Å². The molecule has 0 spiro atoms. The molecule has 1 unspecified atom stereocenters. The first-order chi connectivity index (χ1) is 16.4. The smallest absolute Gasteiger partial charge is 0.294 e. The van der Waals surface area contributed by atoms with Gasteiger partial charge in [0.1, 0.15) is 11.3 Å². The van der Waals surface area contributed by atoms with E-state index in [0.717, 1.165) is 17.4 Å². The van der Waals surface area contributed by atoms with Crippen LogP contribution in [0.25, 0.3) is 11.0 Å². The fourth-order valence-corrected chi connectivity index (χ4v) is 4.42. The van der Waals surface area contributed by atoms with Crippen molar-refractivity contribution < 1.29 is 24.2 Å². The van der Waals surface area contributed by atoms with Crippen LogP contribution >= 0.6 is 11.6 Å². The maximum absolute atomic E-state index is 13.6. The van der Waals surface area contributed by atoms with E-state index in [9.17, 15) is 19.8 Å². The van der Waals surface area contributed by atoms with Gasteiger partial charge in [-0.25, -0.2) is 0 Å². The van der Waals surface area contributed by atoms with E-state index in [2.05, 4.69) is 0 Å². The molecule has 1 aliphatic rings. The van der Waals surface area contributed by atoms with Gasteiger partial charge in [0.05, 0.1) is 16.6 Å². The van der Waals surface area contributed by atoms with E-state index in [1.165, 1.54) is 17.0 Å². The third-order valence-electron chi connectivity index (χ3n) is 6.01. The largest absolute Gasteiger partial charge is 0.506 e. The number of nitrogens with zero attached hydrogens (tertiary/aromatic N) is 1. The highest BCUT2D eigenvalue weighted by Crippen LogP contribution is 2.43. The molecule has 1 aromatic heterocycles. The quantitative estimate of drug-likeness (QED) is 0.340. The third-order valence-corrected chi connectivity index (χ3v) is 6.32. The van der Waals surface area contributed by atoms with Gasteiger partial charge in [-0.15, -0.1) is 0 Å². The zero-order chi connectivity index (χ0) is 24.0. The number of rotatable bonds is 5. The van der Waals surface area contributed by atoms with Crippen molar-refractivity contribution in [2.24, 2.45) is 0 Å². The van der Waals surface area contributed by atoms with Crippen molar-refractivity contribution in [3.63, 3.8) is 0 Å². The number of halogens is 1. The van der Waals surface area contributed by atoms with Gasteiger partial charge in [-0.1, -0.05) is 54.9 Å². The number of aryl methyl sites for hydroxylation is 1. The first-order valence-electron chi connectivity index (χ1n) is 10.8. The van der Waals surface area contributed by atoms with Crippen LogP contribution in [-0.4, -0.2) is 21.9 Å². The standard InChI is InChI=1S/C27H20ClNO5/c1-2-15-7-10-18(11-8-15)29-24(17-9-12-20(30)19(28)13-17)23(26(32)27(29)33)25(31)22-14-16-5-3-4-6-21(16)34-22/h3-14,24,30,32H,2H2,1H3. The maximum atomic E-state index is 13.6. The number of benzene rings is 3. The molecule has 34 heavy (non-hydrogen) atoms. The number of carbonyl (C=O) groups is 2. The molecule has 6 nitrogen and oxygen atoms in total. The van der Waals surface area contributed by atoms with Crippen LogP contribution in [0, 0.1) is 0 Å². The Bertz CT molecular complexity index is 1440. The third kappa shape index (κ3) is 3.53. The predicted octanol–water partition coefficient (Wildman–Crippen LogP) is 6.14. The van der Waals surface area contributed by atoms with Crippen molar-refractivity contribution in [2.45, 2.75) is 19.4 Å². The number of hydrogen-bond acceptors (Lipinski definition) is 5. The minimum Gasteiger partial charge on any atom is -0.506 e. The number of phenols is 1. The summed E-state index contributed by atoms with van der Waals surface area (Å²) in [5.74, 6) is -2.10. The number of phenolic OH excluding ortho intramolecular Hbond substituents is 1. The van der Waals surface area contributed by atoms with Crippen LogP contribution in [0.5, 0.6) is 5.75 Å². The molecule has 2 N–H and O–H groups in total. The van der Waals surface area contributed by atoms with E-state index in [0.29, 0.717) is 16.8 Å². The molecule has 1 atom stereocenters. The van der Waals surface area contributed by atoms with Gasteiger partial charge in [0.15, 0.2) is 11.5 Å². The summed E-state index contributed by atoms with van der Waals surface area (Å²) >= 11 is 6.16. The molecule has 0 bridgehead atoms. The number of aromatic hydroxyl groups is 1. The van der Waals surface area contributed by atoms with Gasteiger partial charge in [-0.2, -0.15) is 0 Å². The number of para-hydroxylation sites is 1. The van der Waals surface area contributed by atoms with Gasteiger partial charge < -0.3 is 14.6 Å². The van der Waals surface area contributed by atoms with E-state index in [-0.39, 0.29) is 22.1 Å². The van der Waals surface area contributed by atoms with Crippen LogP contribution in [0.2, 0.25) is 5.02 Å². The highest BCUT2D eigenvalue weighted by atomic mass is 35.5. The Kier molecular flexibility index (Phi) is 5.38. The van der Waals surface area contributed by atoms with E-state index in [1.807, 2.05) is 31.2 Å². The second kappa shape index (κ2) is 8.39. The lowest BCUT2D eigenvalue weighted by molar-refractivity contribution is -0.117. The molecule has 4 aromatic rings. The lowest BCUT2D eigenvalue weighted by Gasteiger charge is -2.27. The molecule has 5 rings (SSSR count). The SMILES string of the molecule is CCc1ccc(N2C(=O)C(O)=C(C(=O)c3cc4ccccc4o3)C2c2ccc(O)c(Cl)c2)cc1. The molecule has 0 saturated carbocycles. The van der Waals surface area contributed by atoms with E-state index < -0.39 is 23.5 Å². The molecule has 1 aliphatic heterocycles. The molecule has 1 amide bonds. The summed E-state index contributed by atoms with van der Waals surface area (Å²) < 4.78 is 5.73. The van der Waals surface area contributed by atoms with Gasteiger partial charge in [0, 0.05) is 11.1 Å². The Balaban J connectivity index is 1.66. The number of hydrogen-bond donors (Lipinski definition) is 2. The van der Waals surface area contributed by atoms with Crippen molar-refractivity contribution in [3.8, 4) is 5.75 Å². The van der Waals surface area contributed by atoms with Crippen molar-refractivity contribution in [3.05, 3.63) is 106 Å². The molecule has 0 fully saturated rings. The van der Waals surface area contributed by atoms with Crippen LogP contribution < -0.4 is 4.90 Å². The number of Topliss-reactive ketones (excluding diaryl/α,β-unsaturated/α-hetero) is 1. The van der Waals surface area contributed by atoms with Crippen LogP contribution in [0.1, 0.15) is 34.6 Å². The summed E-state index contributed by atoms with van der Waals surface area (Å²) in [6.45, 7) is 2.02. The number of aliphatic hydroxyl groups excluding tert-OH is 1. The van der Waals surface area contributed by atoms with Gasteiger partial charge in [0.2, 0.25) is 5.78 Å². The normalized spacial score (nSPS) is 16.0. The highest BCUT2D eigenvalue weighted by Gasteiger charge is 2.45. The lowest BCUT2D eigenvalue weighted by atomic mass is 9.94. The first kappa shape index (κ1) is 21.8. The van der Waals surface area contributed by atoms with Gasteiger partial charge in [-0.05, 0) is 53.9 Å². The first-order valence-corrected chi connectivity index (χ1v) is 11.1. The van der Waals surface area contributed by atoms with Crippen molar-refractivity contribution in [2.75, 3.05) is 4.90 Å². The topological polar surface area (TPSA) is 91.0 Å². The molecule has 7 heteroatoms. The lowest BCUT2D eigenvalue weighted by Crippen LogP contribution is -2.31. The fraction of sp³-hybridized carbons (Fsp3) is 0.111. The number of fused-ring (bicyclic) bond motifs is 1. The second-order valence-electron chi connectivity index (χ2n) is 8.05. The summed E-state index contributed by atoms with van der Waals surface area (Å²) in [6.07, 6.45) is 0.824. The number of ketones is 1. The molecule has 3 aromatic carbocycles. The Labute approximate surface area is 200 Å². The summed E-state index contributed by atoms with van der Waals surface area (Å²) in [4.78, 5) is 28.2. The molecule has 0 saturated heterocycles. The molecule has 0 aliphatic carbocycles. The Morgan fingerprint density at radius 1 is 1.03 bits per heavy atom. The average Bonchev–Trinajstić information content (AvgIpc) is 3.40. The van der Waals surface area contributed by atoms with Crippen LogP contribution in [-0.2, 0) is 11.2 Å². The van der Waals surface area contributed by atoms with Gasteiger partial charge >= 0.3 is 0 Å². The van der Waals surface area contributed by atoms with Crippen LogP contribution in [0.15, 0.2) is 88.5 Å². The zero-order valence-electron chi connectivity index (χ0n) is 18.2. The average molecular weight is 474 g/mol. The molecule has 0 radical (unpaired) electrons. The van der Waals surface area contributed by atoms with Gasteiger partial charge in [-0.3, -0.25) is 14.5 Å².